The molecule has 2 aromatic heterocycles. The molecule has 3 N–H and O–H groups in total. The van der Waals surface area contributed by atoms with Gasteiger partial charge in [-0.15, -0.1) is 0 Å². The van der Waals surface area contributed by atoms with Gasteiger partial charge in [-0.3, -0.25) is 15.1 Å². The molecule has 0 fully saturated rings. The second-order valence-electron chi connectivity index (χ2n) is 3.92. The molecular formula is C11H15ClN6O. The number of amides is 2. The molecule has 19 heavy (non-hydrogen) atoms. The number of hydrogen-bond acceptors (Lipinski definition) is 3. The SMILES string of the molecule is CCn1cc(Cl)c(NC(=O)NCCc2cn[nH]c2)n1. The molecule has 8 heteroatoms. The Morgan fingerprint density at radius 2 is 2.42 bits per heavy atom. The van der Waals surface area contributed by atoms with Gasteiger partial charge in [0.15, 0.2) is 5.82 Å². The highest BCUT2D eigenvalue weighted by Gasteiger charge is 2.09. The van der Waals surface area contributed by atoms with E-state index in [1.165, 1.54) is 0 Å². The summed E-state index contributed by atoms with van der Waals surface area (Å²) in [5.74, 6) is 0.365. The summed E-state index contributed by atoms with van der Waals surface area (Å²) in [6, 6.07) is -0.327. The summed E-state index contributed by atoms with van der Waals surface area (Å²) in [4.78, 5) is 11.6. The van der Waals surface area contributed by atoms with Crippen molar-refractivity contribution >= 4 is 23.4 Å². The van der Waals surface area contributed by atoms with Gasteiger partial charge in [0.1, 0.15) is 5.02 Å². The Kier molecular flexibility index (Phi) is 4.40. The number of urea groups is 1. The molecule has 2 amide bonds. The third kappa shape index (κ3) is 3.72. The lowest BCUT2D eigenvalue weighted by Crippen LogP contribution is -2.30. The molecule has 0 aromatic carbocycles. The lowest BCUT2D eigenvalue weighted by atomic mass is 10.2. The molecule has 2 heterocycles. The number of aryl methyl sites for hydroxylation is 1. The van der Waals surface area contributed by atoms with Crippen LogP contribution in [0.25, 0.3) is 0 Å². The number of aromatic nitrogens is 4. The number of aromatic amines is 1. The standard InChI is InChI=1S/C11H15ClN6O/c1-2-18-7-9(12)10(17-18)16-11(19)13-4-3-8-5-14-15-6-8/h5-7H,2-4H2,1H3,(H,14,15)(H2,13,16,17,19). The van der Waals surface area contributed by atoms with Gasteiger partial charge in [-0.2, -0.15) is 10.2 Å². The molecule has 0 unspecified atom stereocenters. The van der Waals surface area contributed by atoms with Crippen LogP contribution in [0, 0.1) is 0 Å². The topological polar surface area (TPSA) is 87.6 Å². The molecular weight excluding hydrogens is 268 g/mol. The predicted molar refractivity (Wildman–Crippen MR) is 72.2 cm³/mol. The number of hydrogen-bond donors (Lipinski definition) is 3. The third-order valence-electron chi connectivity index (χ3n) is 2.53. The normalized spacial score (nSPS) is 10.4. The van der Waals surface area contributed by atoms with Crippen molar-refractivity contribution in [3.05, 3.63) is 29.2 Å². The zero-order valence-electron chi connectivity index (χ0n) is 10.5. The van der Waals surface area contributed by atoms with E-state index in [0.29, 0.717) is 30.4 Å². The fourth-order valence-electron chi connectivity index (χ4n) is 1.53. The molecule has 0 radical (unpaired) electrons. The van der Waals surface area contributed by atoms with E-state index in [9.17, 15) is 4.79 Å². The van der Waals surface area contributed by atoms with Gasteiger partial charge in [-0.25, -0.2) is 4.79 Å². The summed E-state index contributed by atoms with van der Waals surface area (Å²) in [5, 5.41) is 16.4. The van der Waals surface area contributed by atoms with Crippen molar-refractivity contribution < 1.29 is 4.79 Å². The van der Waals surface area contributed by atoms with E-state index < -0.39 is 0 Å². The van der Waals surface area contributed by atoms with Crippen LogP contribution in [0.1, 0.15) is 12.5 Å². The number of anilines is 1. The van der Waals surface area contributed by atoms with Crippen LogP contribution in [0.3, 0.4) is 0 Å². The molecule has 0 spiro atoms. The van der Waals surface area contributed by atoms with Crippen LogP contribution in [0.4, 0.5) is 10.6 Å². The Bertz CT molecular complexity index is 535. The maximum atomic E-state index is 11.6. The first-order valence-electron chi connectivity index (χ1n) is 5.94. The van der Waals surface area contributed by atoms with Crippen molar-refractivity contribution in [3.63, 3.8) is 0 Å². The van der Waals surface area contributed by atoms with Crippen molar-refractivity contribution in [1.29, 1.82) is 0 Å². The van der Waals surface area contributed by atoms with E-state index in [0.717, 1.165) is 5.56 Å². The summed E-state index contributed by atoms with van der Waals surface area (Å²) in [6.07, 6.45) is 5.89. The zero-order chi connectivity index (χ0) is 13.7. The lowest BCUT2D eigenvalue weighted by Gasteiger charge is -2.04. The summed E-state index contributed by atoms with van der Waals surface area (Å²) >= 11 is 5.94. The number of halogens is 1. The second-order valence-corrected chi connectivity index (χ2v) is 4.33. The van der Waals surface area contributed by atoms with Crippen molar-refractivity contribution in [2.75, 3.05) is 11.9 Å². The smallest absolute Gasteiger partial charge is 0.320 e. The van der Waals surface area contributed by atoms with Gasteiger partial charge in [-0.1, -0.05) is 11.6 Å². The quantitative estimate of drug-likeness (QED) is 0.779. The average molecular weight is 283 g/mol. The number of nitrogens with zero attached hydrogens (tertiary/aromatic N) is 3. The molecule has 0 saturated heterocycles. The Morgan fingerprint density at radius 3 is 3.05 bits per heavy atom. The molecule has 102 valence electrons. The van der Waals surface area contributed by atoms with Crippen molar-refractivity contribution in [3.8, 4) is 0 Å². The molecule has 0 aliphatic heterocycles. The fraction of sp³-hybridized carbons (Fsp3) is 0.364. The Labute approximate surface area is 115 Å². The number of rotatable bonds is 5. The molecule has 0 saturated carbocycles. The summed E-state index contributed by atoms with van der Waals surface area (Å²) in [6.45, 7) is 3.15. The molecule has 2 rings (SSSR count). The molecule has 0 bridgehead atoms. The van der Waals surface area contributed by atoms with Gasteiger partial charge >= 0.3 is 6.03 Å². The number of carbonyl (C=O) groups is 1. The van der Waals surface area contributed by atoms with Crippen LogP contribution in [0.2, 0.25) is 5.02 Å². The maximum Gasteiger partial charge on any atom is 0.320 e. The highest BCUT2D eigenvalue weighted by molar-refractivity contribution is 6.33. The van der Waals surface area contributed by atoms with Crippen molar-refractivity contribution in [2.45, 2.75) is 19.9 Å². The number of carbonyl (C=O) groups excluding carboxylic acids is 1. The van der Waals surface area contributed by atoms with E-state index in [4.69, 9.17) is 11.6 Å². The minimum absolute atomic E-state index is 0.327. The van der Waals surface area contributed by atoms with Crippen LogP contribution in [0.5, 0.6) is 0 Å². The average Bonchev–Trinajstić information content (AvgIpc) is 3.00. The fourth-order valence-corrected chi connectivity index (χ4v) is 1.73. The van der Waals surface area contributed by atoms with Crippen LogP contribution in [-0.4, -0.2) is 32.6 Å². The molecule has 0 atom stereocenters. The molecule has 0 aliphatic carbocycles. The van der Waals surface area contributed by atoms with E-state index in [1.54, 1.807) is 23.3 Å². The lowest BCUT2D eigenvalue weighted by molar-refractivity contribution is 0.252. The molecule has 2 aromatic rings. The highest BCUT2D eigenvalue weighted by atomic mass is 35.5. The second kappa shape index (κ2) is 6.24. The highest BCUT2D eigenvalue weighted by Crippen LogP contribution is 2.18. The van der Waals surface area contributed by atoms with Gasteiger partial charge in [0, 0.05) is 25.5 Å². The first-order valence-corrected chi connectivity index (χ1v) is 6.32. The number of nitrogens with one attached hydrogen (secondary N) is 3. The molecule has 0 aliphatic rings. The van der Waals surface area contributed by atoms with Gasteiger partial charge in [0.05, 0.1) is 6.20 Å². The van der Waals surface area contributed by atoms with E-state index in [1.807, 2.05) is 6.92 Å². The van der Waals surface area contributed by atoms with E-state index in [2.05, 4.69) is 25.9 Å². The number of H-pyrrole nitrogens is 1. The first kappa shape index (κ1) is 13.4. The van der Waals surface area contributed by atoms with Gasteiger partial charge in [0.25, 0.3) is 0 Å². The van der Waals surface area contributed by atoms with Crippen LogP contribution < -0.4 is 10.6 Å². The first-order chi connectivity index (χ1) is 9.19. The van der Waals surface area contributed by atoms with E-state index >= 15 is 0 Å². The predicted octanol–water partition coefficient (Wildman–Crippen LogP) is 1.64. The Morgan fingerprint density at radius 1 is 1.58 bits per heavy atom. The monoisotopic (exact) mass is 282 g/mol. The van der Waals surface area contributed by atoms with Gasteiger partial charge in [-0.05, 0) is 18.9 Å². The maximum absolute atomic E-state index is 11.6. The van der Waals surface area contributed by atoms with E-state index in [-0.39, 0.29) is 6.03 Å². The Balaban J connectivity index is 1.79. The van der Waals surface area contributed by atoms with Crippen LogP contribution >= 0.6 is 11.6 Å². The Hall–Kier alpha value is -2.02. The molecule has 7 nitrogen and oxygen atoms in total. The largest absolute Gasteiger partial charge is 0.337 e. The van der Waals surface area contributed by atoms with Crippen LogP contribution in [-0.2, 0) is 13.0 Å². The summed E-state index contributed by atoms with van der Waals surface area (Å²) < 4.78 is 1.66. The van der Waals surface area contributed by atoms with Gasteiger partial charge < -0.3 is 5.32 Å². The minimum atomic E-state index is -0.327. The minimum Gasteiger partial charge on any atom is -0.337 e. The summed E-state index contributed by atoms with van der Waals surface area (Å²) in [5.41, 5.74) is 1.04. The van der Waals surface area contributed by atoms with Crippen molar-refractivity contribution in [1.82, 2.24) is 25.3 Å². The zero-order valence-corrected chi connectivity index (χ0v) is 11.2. The third-order valence-corrected chi connectivity index (χ3v) is 2.80. The van der Waals surface area contributed by atoms with Crippen molar-refractivity contribution in [2.24, 2.45) is 0 Å². The van der Waals surface area contributed by atoms with Crippen LogP contribution in [0.15, 0.2) is 18.6 Å². The summed E-state index contributed by atoms with van der Waals surface area (Å²) in [7, 11) is 0. The van der Waals surface area contributed by atoms with Gasteiger partial charge in [0.2, 0.25) is 0 Å².